The second-order valence-corrected chi connectivity index (χ2v) is 6.78. The summed E-state index contributed by atoms with van der Waals surface area (Å²) in [7, 11) is -3.14. The number of nitrogens with one attached hydrogen (secondary N) is 1. The lowest BCUT2D eigenvalue weighted by atomic mass is 10.1. The predicted octanol–water partition coefficient (Wildman–Crippen LogP) is 1.79. The Bertz CT molecular complexity index is 520. The lowest BCUT2D eigenvalue weighted by Gasteiger charge is -2.10. The number of amides is 1. The fourth-order valence-corrected chi connectivity index (χ4v) is 2.22. The van der Waals surface area contributed by atoms with Crippen molar-refractivity contribution in [2.75, 3.05) is 12.8 Å². The minimum absolute atomic E-state index is 0.0348. The molecule has 0 bridgehead atoms. The molecule has 0 unspecified atom stereocenters. The predicted molar refractivity (Wildman–Crippen MR) is 75.7 cm³/mol. The monoisotopic (exact) mass is 283 g/mol. The third kappa shape index (κ3) is 5.03. The molecule has 5 heteroatoms. The maximum absolute atomic E-state index is 11.6. The fourth-order valence-electron chi connectivity index (χ4n) is 1.59. The van der Waals surface area contributed by atoms with Gasteiger partial charge < -0.3 is 5.32 Å². The highest BCUT2D eigenvalue weighted by molar-refractivity contribution is 7.90. The summed E-state index contributed by atoms with van der Waals surface area (Å²) in [5.74, 6) is 0.0999. The van der Waals surface area contributed by atoms with Crippen LogP contribution in [0.1, 0.15) is 25.8 Å². The highest BCUT2D eigenvalue weighted by atomic mass is 32.2. The zero-order valence-corrected chi connectivity index (χ0v) is 12.5. The zero-order valence-electron chi connectivity index (χ0n) is 11.6. The van der Waals surface area contributed by atoms with E-state index in [1.807, 2.05) is 13.8 Å². The van der Waals surface area contributed by atoms with Gasteiger partial charge in [-0.15, -0.1) is 0 Å². The van der Waals surface area contributed by atoms with E-state index in [1.165, 1.54) is 6.26 Å². The maximum atomic E-state index is 11.6. The van der Waals surface area contributed by atoms with Crippen LogP contribution in [-0.2, 0) is 21.1 Å². The number of carbonyl (C=O) groups is 1. The number of hydrogen-bond acceptors (Lipinski definition) is 3. The Hall–Kier alpha value is -1.36. The molecule has 0 radical (unpaired) electrons. The third-order valence-electron chi connectivity index (χ3n) is 3.12. The van der Waals surface area contributed by atoms with Gasteiger partial charge in [0.2, 0.25) is 5.91 Å². The molecule has 1 rings (SSSR count). The van der Waals surface area contributed by atoms with Gasteiger partial charge in [0.25, 0.3) is 0 Å². The van der Waals surface area contributed by atoms with Crippen molar-refractivity contribution in [1.82, 2.24) is 5.32 Å². The smallest absolute Gasteiger partial charge is 0.222 e. The van der Waals surface area contributed by atoms with E-state index < -0.39 is 9.84 Å². The molecular weight excluding hydrogens is 262 g/mol. The van der Waals surface area contributed by atoms with Gasteiger partial charge in [0, 0.05) is 18.7 Å². The number of benzene rings is 1. The Morgan fingerprint density at radius 2 is 1.84 bits per heavy atom. The molecule has 1 N–H and O–H groups in total. The average Bonchev–Trinajstić information content (AvgIpc) is 2.37. The maximum Gasteiger partial charge on any atom is 0.222 e. The van der Waals surface area contributed by atoms with Gasteiger partial charge in [0.1, 0.15) is 0 Å². The summed E-state index contributed by atoms with van der Waals surface area (Å²) in [5.41, 5.74) is 1.01. The minimum Gasteiger partial charge on any atom is -0.356 e. The van der Waals surface area contributed by atoms with Gasteiger partial charge in [-0.05, 0) is 30.5 Å². The van der Waals surface area contributed by atoms with Crippen LogP contribution in [0.4, 0.5) is 0 Å². The summed E-state index contributed by atoms with van der Waals surface area (Å²) in [5, 5.41) is 2.87. The second kappa shape index (κ2) is 6.70. The van der Waals surface area contributed by atoms with E-state index in [0.717, 1.165) is 12.0 Å². The van der Waals surface area contributed by atoms with Crippen molar-refractivity contribution in [3.63, 3.8) is 0 Å². The first-order valence-corrected chi connectivity index (χ1v) is 8.30. The lowest BCUT2D eigenvalue weighted by Crippen LogP contribution is -2.30. The summed E-state index contributed by atoms with van der Waals surface area (Å²) >= 11 is 0. The van der Waals surface area contributed by atoms with Crippen molar-refractivity contribution in [2.45, 2.75) is 31.6 Å². The van der Waals surface area contributed by atoms with Crippen LogP contribution in [0.3, 0.4) is 0 Å². The van der Waals surface area contributed by atoms with Crippen molar-refractivity contribution < 1.29 is 13.2 Å². The Morgan fingerprint density at radius 3 is 2.32 bits per heavy atom. The molecule has 0 aliphatic carbocycles. The van der Waals surface area contributed by atoms with E-state index in [9.17, 15) is 13.2 Å². The van der Waals surface area contributed by atoms with Crippen LogP contribution in [0.25, 0.3) is 0 Å². The van der Waals surface area contributed by atoms with Gasteiger partial charge in [0.15, 0.2) is 9.84 Å². The molecule has 0 heterocycles. The largest absolute Gasteiger partial charge is 0.356 e. The van der Waals surface area contributed by atoms with Crippen molar-refractivity contribution in [3.05, 3.63) is 29.8 Å². The quantitative estimate of drug-likeness (QED) is 0.866. The van der Waals surface area contributed by atoms with Crippen molar-refractivity contribution in [1.29, 1.82) is 0 Å². The van der Waals surface area contributed by atoms with Gasteiger partial charge in [-0.3, -0.25) is 4.79 Å². The Balaban J connectivity index is 2.49. The molecule has 1 atom stereocenters. The van der Waals surface area contributed by atoms with Gasteiger partial charge in [-0.2, -0.15) is 0 Å². The fraction of sp³-hybridized carbons (Fsp3) is 0.500. The molecule has 4 nitrogen and oxygen atoms in total. The summed E-state index contributed by atoms with van der Waals surface area (Å²) < 4.78 is 22.6. The summed E-state index contributed by atoms with van der Waals surface area (Å²) in [4.78, 5) is 11.9. The number of hydrogen-bond donors (Lipinski definition) is 1. The van der Waals surface area contributed by atoms with Crippen molar-refractivity contribution in [2.24, 2.45) is 5.92 Å². The first-order valence-electron chi connectivity index (χ1n) is 6.41. The van der Waals surface area contributed by atoms with Crippen molar-refractivity contribution >= 4 is 15.7 Å². The number of sulfone groups is 1. The molecule has 1 aromatic carbocycles. The highest BCUT2D eigenvalue weighted by Gasteiger charge is 2.09. The van der Waals surface area contributed by atoms with Gasteiger partial charge >= 0.3 is 0 Å². The molecule has 106 valence electrons. The van der Waals surface area contributed by atoms with Crippen LogP contribution in [-0.4, -0.2) is 27.1 Å². The van der Waals surface area contributed by atoms with Gasteiger partial charge in [-0.1, -0.05) is 26.0 Å². The number of carbonyl (C=O) groups excluding carboxylic acids is 1. The number of rotatable bonds is 6. The molecule has 0 saturated carbocycles. The summed E-state index contributed by atoms with van der Waals surface area (Å²) in [6.45, 7) is 4.45. The van der Waals surface area contributed by atoms with Crippen LogP contribution in [0.5, 0.6) is 0 Å². The Labute approximate surface area is 115 Å². The molecule has 0 fully saturated rings. The summed E-state index contributed by atoms with van der Waals surface area (Å²) in [6, 6.07) is 6.76. The molecular formula is C14H21NO3S. The van der Waals surface area contributed by atoms with E-state index in [0.29, 0.717) is 17.9 Å². The van der Waals surface area contributed by atoms with Crippen LogP contribution >= 0.6 is 0 Å². The standard InChI is InChI=1S/C14H21NO3S/c1-4-11(2)14(16)15-10-9-12-5-7-13(8-6-12)19(3,17)18/h5-8,11H,4,9-10H2,1-3H3,(H,15,16)/t11-/m1/s1. The highest BCUT2D eigenvalue weighted by Crippen LogP contribution is 2.10. The molecule has 19 heavy (non-hydrogen) atoms. The third-order valence-corrected chi connectivity index (χ3v) is 4.25. The zero-order chi connectivity index (χ0) is 14.5. The van der Waals surface area contributed by atoms with Gasteiger partial charge in [0.05, 0.1) is 4.90 Å². The van der Waals surface area contributed by atoms with E-state index in [2.05, 4.69) is 5.32 Å². The average molecular weight is 283 g/mol. The molecule has 0 aliphatic rings. The van der Waals surface area contributed by atoms with E-state index in [4.69, 9.17) is 0 Å². The molecule has 0 spiro atoms. The molecule has 0 aliphatic heterocycles. The SMILES string of the molecule is CC[C@@H](C)C(=O)NCCc1ccc(S(C)(=O)=O)cc1. The molecule has 1 aromatic rings. The molecule has 1 amide bonds. The first-order chi connectivity index (χ1) is 8.84. The van der Waals surface area contributed by atoms with Crippen LogP contribution in [0.15, 0.2) is 29.2 Å². The van der Waals surface area contributed by atoms with E-state index in [1.54, 1.807) is 24.3 Å². The minimum atomic E-state index is -3.14. The normalized spacial score (nSPS) is 13.0. The van der Waals surface area contributed by atoms with Crippen LogP contribution in [0, 0.1) is 5.92 Å². The van der Waals surface area contributed by atoms with Gasteiger partial charge in [-0.25, -0.2) is 8.42 Å². The molecule has 0 saturated heterocycles. The Morgan fingerprint density at radius 1 is 1.26 bits per heavy atom. The van der Waals surface area contributed by atoms with E-state index >= 15 is 0 Å². The second-order valence-electron chi connectivity index (χ2n) is 4.77. The van der Waals surface area contributed by atoms with E-state index in [-0.39, 0.29) is 11.8 Å². The topological polar surface area (TPSA) is 63.2 Å². The first kappa shape index (κ1) is 15.7. The summed E-state index contributed by atoms with van der Waals surface area (Å²) in [6.07, 6.45) is 2.72. The van der Waals surface area contributed by atoms with Crippen LogP contribution < -0.4 is 5.32 Å². The van der Waals surface area contributed by atoms with Crippen LogP contribution in [0.2, 0.25) is 0 Å². The van der Waals surface area contributed by atoms with Crippen molar-refractivity contribution in [3.8, 4) is 0 Å². The lowest BCUT2D eigenvalue weighted by molar-refractivity contribution is -0.124. The Kier molecular flexibility index (Phi) is 5.54. The molecule has 0 aromatic heterocycles.